The molecule has 0 aliphatic heterocycles. The van der Waals surface area contributed by atoms with Gasteiger partial charge in [-0.25, -0.2) is 4.79 Å². The molecule has 4 rings (SSSR count). The Morgan fingerprint density at radius 1 is 1.03 bits per heavy atom. The number of ether oxygens (including phenoxy) is 2. The second kappa shape index (κ2) is 10.7. The summed E-state index contributed by atoms with van der Waals surface area (Å²) in [6.07, 6.45) is 0. The number of nitrogens with zero attached hydrogens (tertiary/aromatic N) is 3. The molecule has 0 atom stereocenters. The molecule has 0 aliphatic rings. The van der Waals surface area contributed by atoms with Crippen LogP contribution in [0.3, 0.4) is 0 Å². The molecular weight excluding hydrogens is 484 g/mol. The fourth-order valence-corrected chi connectivity index (χ4v) is 5.11. The van der Waals surface area contributed by atoms with Crippen LogP contribution >= 0.6 is 23.1 Å². The quantitative estimate of drug-likeness (QED) is 0.263. The number of esters is 1. The van der Waals surface area contributed by atoms with Gasteiger partial charge in [0.15, 0.2) is 11.0 Å². The molecule has 0 radical (unpaired) electrons. The van der Waals surface area contributed by atoms with Gasteiger partial charge in [-0.1, -0.05) is 41.6 Å². The Bertz CT molecular complexity index is 1350. The molecule has 0 bridgehead atoms. The largest absolute Gasteiger partial charge is 0.497 e. The van der Waals surface area contributed by atoms with Crippen molar-refractivity contribution in [2.75, 3.05) is 25.3 Å². The molecule has 0 saturated carbocycles. The Balaban J connectivity index is 1.47. The second-order valence-corrected chi connectivity index (χ2v) is 9.46. The van der Waals surface area contributed by atoms with Gasteiger partial charge in [-0.2, -0.15) is 0 Å². The summed E-state index contributed by atoms with van der Waals surface area (Å²) in [7, 11) is 4.79. The number of carbonyl (C=O) groups is 2. The van der Waals surface area contributed by atoms with Crippen molar-refractivity contribution in [1.82, 2.24) is 14.8 Å². The third-order valence-electron chi connectivity index (χ3n) is 5.31. The number of amides is 1. The molecule has 0 unspecified atom stereocenters. The molecule has 0 spiro atoms. The van der Waals surface area contributed by atoms with E-state index in [1.807, 2.05) is 72.4 Å². The first-order chi connectivity index (χ1) is 16.9. The monoisotopic (exact) mass is 508 g/mol. The van der Waals surface area contributed by atoms with Gasteiger partial charge in [0, 0.05) is 23.6 Å². The number of aromatic nitrogens is 3. The zero-order valence-corrected chi connectivity index (χ0v) is 21.3. The van der Waals surface area contributed by atoms with Gasteiger partial charge in [0.1, 0.15) is 16.3 Å². The van der Waals surface area contributed by atoms with Crippen LogP contribution in [-0.2, 0) is 16.6 Å². The SMILES string of the molecule is COC(=O)c1c(-c2ccc(C)cc2)csc1NC(=O)CSc1nnc(-c2ccc(OC)cc2)n1C. The van der Waals surface area contributed by atoms with Crippen LogP contribution in [0.4, 0.5) is 5.00 Å². The van der Waals surface area contributed by atoms with Crippen molar-refractivity contribution in [3.63, 3.8) is 0 Å². The maximum absolute atomic E-state index is 12.7. The highest BCUT2D eigenvalue weighted by Crippen LogP contribution is 2.36. The number of anilines is 1. The third kappa shape index (κ3) is 5.39. The molecule has 8 nitrogen and oxygen atoms in total. The fourth-order valence-electron chi connectivity index (χ4n) is 3.43. The summed E-state index contributed by atoms with van der Waals surface area (Å²) in [5.74, 6) is 0.790. The lowest BCUT2D eigenvalue weighted by molar-refractivity contribution is -0.113. The molecule has 2 aromatic carbocycles. The summed E-state index contributed by atoms with van der Waals surface area (Å²) in [4.78, 5) is 25.3. The number of rotatable bonds is 8. The zero-order chi connectivity index (χ0) is 24.9. The van der Waals surface area contributed by atoms with Crippen molar-refractivity contribution >= 4 is 40.0 Å². The van der Waals surface area contributed by atoms with Gasteiger partial charge in [0.05, 0.1) is 20.0 Å². The van der Waals surface area contributed by atoms with Crippen LogP contribution < -0.4 is 10.1 Å². The lowest BCUT2D eigenvalue weighted by Crippen LogP contribution is -2.16. The first-order valence-electron chi connectivity index (χ1n) is 10.6. The molecule has 0 fully saturated rings. The maximum Gasteiger partial charge on any atom is 0.341 e. The Morgan fingerprint density at radius 3 is 2.37 bits per heavy atom. The second-order valence-electron chi connectivity index (χ2n) is 7.64. The number of carbonyl (C=O) groups excluding carboxylic acids is 2. The number of aryl methyl sites for hydroxylation is 1. The van der Waals surface area contributed by atoms with Crippen molar-refractivity contribution in [3.8, 4) is 28.3 Å². The van der Waals surface area contributed by atoms with E-state index in [0.29, 0.717) is 21.5 Å². The summed E-state index contributed by atoms with van der Waals surface area (Å²) >= 11 is 2.55. The van der Waals surface area contributed by atoms with Crippen LogP contribution in [0.15, 0.2) is 59.1 Å². The highest BCUT2D eigenvalue weighted by Gasteiger charge is 2.23. The number of methoxy groups -OCH3 is 2. The molecule has 35 heavy (non-hydrogen) atoms. The van der Waals surface area contributed by atoms with E-state index in [-0.39, 0.29) is 11.7 Å². The first-order valence-corrected chi connectivity index (χ1v) is 12.5. The van der Waals surface area contributed by atoms with E-state index in [1.165, 1.54) is 30.2 Å². The number of hydrogen-bond acceptors (Lipinski definition) is 8. The van der Waals surface area contributed by atoms with E-state index in [0.717, 1.165) is 28.0 Å². The van der Waals surface area contributed by atoms with Gasteiger partial charge in [-0.05, 0) is 36.8 Å². The van der Waals surface area contributed by atoms with Crippen molar-refractivity contribution in [1.29, 1.82) is 0 Å². The molecule has 2 heterocycles. The predicted molar refractivity (Wildman–Crippen MR) is 138 cm³/mol. The molecule has 1 amide bonds. The Kier molecular flexibility index (Phi) is 7.52. The molecule has 4 aromatic rings. The summed E-state index contributed by atoms with van der Waals surface area (Å²) in [5.41, 5.74) is 3.96. The topological polar surface area (TPSA) is 95.3 Å². The summed E-state index contributed by atoms with van der Waals surface area (Å²) in [6, 6.07) is 15.4. The van der Waals surface area contributed by atoms with Crippen LogP contribution in [0.1, 0.15) is 15.9 Å². The van der Waals surface area contributed by atoms with E-state index in [9.17, 15) is 9.59 Å². The smallest absolute Gasteiger partial charge is 0.341 e. The van der Waals surface area contributed by atoms with Gasteiger partial charge < -0.3 is 19.4 Å². The number of nitrogens with one attached hydrogen (secondary N) is 1. The number of thiophene rings is 1. The van der Waals surface area contributed by atoms with Crippen molar-refractivity contribution in [2.24, 2.45) is 7.05 Å². The average Bonchev–Trinajstić information content (AvgIpc) is 3.46. The molecule has 180 valence electrons. The molecule has 0 aliphatic carbocycles. The zero-order valence-electron chi connectivity index (χ0n) is 19.7. The minimum atomic E-state index is -0.498. The summed E-state index contributed by atoms with van der Waals surface area (Å²) in [5, 5.41) is 14.2. The van der Waals surface area contributed by atoms with Gasteiger partial charge in [0.2, 0.25) is 5.91 Å². The fraction of sp³-hybridized carbons (Fsp3) is 0.200. The van der Waals surface area contributed by atoms with E-state index >= 15 is 0 Å². The van der Waals surface area contributed by atoms with Crippen LogP contribution in [0.5, 0.6) is 5.75 Å². The number of benzene rings is 2. The normalized spacial score (nSPS) is 10.7. The molecule has 2 aromatic heterocycles. The minimum absolute atomic E-state index is 0.104. The van der Waals surface area contributed by atoms with Gasteiger partial charge in [-0.15, -0.1) is 21.5 Å². The highest BCUT2D eigenvalue weighted by molar-refractivity contribution is 7.99. The maximum atomic E-state index is 12.7. The lowest BCUT2D eigenvalue weighted by atomic mass is 10.0. The van der Waals surface area contributed by atoms with Crippen LogP contribution in [0.2, 0.25) is 0 Å². The average molecular weight is 509 g/mol. The summed E-state index contributed by atoms with van der Waals surface area (Å²) < 4.78 is 12.0. The molecular formula is C25H24N4O4S2. The molecule has 0 saturated heterocycles. The van der Waals surface area contributed by atoms with Crippen molar-refractivity contribution in [3.05, 3.63) is 65.0 Å². The number of thioether (sulfide) groups is 1. The third-order valence-corrected chi connectivity index (χ3v) is 7.23. The van der Waals surface area contributed by atoms with Crippen LogP contribution in [-0.4, -0.2) is 46.6 Å². The Hall–Kier alpha value is -3.63. The van der Waals surface area contributed by atoms with Gasteiger partial charge in [-0.3, -0.25) is 4.79 Å². The number of hydrogen-bond donors (Lipinski definition) is 1. The van der Waals surface area contributed by atoms with E-state index in [1.54, 1.807) is 7.11 Å². The lowest BCUT2D eigenvalue weighted by Gasteiger charge is -2.08. The predicted octanol–water partition coefficient (Wildman–Crippen LogP) is 5.05. The minimum Gasteiger partial charge on any atom is -0.497 e. The standard InChI is InChI=1S/C25H24N4O4S2/c1-15-5-7-16(8-6-15)19-13-34-23(21(19)24(31)33-4)26-20(30)14-35-25-28-27-22(29(25)2)17-9-11-18(32-3)12-10-17/h5-13H,14H2,1-4H3,(H,26,30). The van der Waals surface area contributed by atoms with Crippen LogP contribution in [0, 0.1) is 6.92 Å². The Labute approximate surface area is 211 Å². The van der Waals surface area contributed by atoms with Crippen LogP contribution in [0.25, 0.3) is 22.5 Å². The molecule has 1 N–H and O–H groups in total. The van der Waals surface area contributed by atoms with Crippen molar-refractivity contribution < 1.29 is 19.1 Å². The van der Waals surface area contributed by atoms with E-state index < -0.39 is 5.97 Å². The first kappa shape index (κ1) is 24.5. The van der Waals surface area contributed by atoms with E-state index in [4.69, 9.17) is 9.47 Å². The van der Waals surface area contributed by atoms with Gasteiger partial charge >= 0.3 is 5.97 Å². The van der Waals surface area contributed by atoms with Gasteiger partial charge in [0.25, 0.3) is 0 Å². The highest BCUT2D eigenvalue weighted by atomic mass is 32.2. The van der Waals surface area contributed by atoms with E-state index in [2.05, 4.69) is 15.5 Å². The Morgan fingerprint density at radius 2 is 1.71 bits per heavy atom. The molecule has 10 heteroatoms. The summed E-state index contributed by atoms with van der Waals surface area (Å²) in [6.45, 7) is 2.00. The van der Waals surface area contributed by atoms with Crippen molar-refractivity contribution in [2.45, 2.75) is 12.1 Å².